The number of amides is 1. The summed E-state index contributed by atoms with van der Waals surface area (Å²) in [7, 11) is -3.16. The summed E-state index contributed by atoms with van der Waals surface area (Å²) < 4.78 is 30.2. The highest BCUT2D eigenvalue weighted by atomic mass is 35.5. The molecule has 6 nitrogen and oxygen atoms in total. The van der Waals surface area contributed by atoms with Crippen molar-refractivity contribution in [2.24, 2.45) is 0 Å². The number of nitrogens with zero attached hydrogens (tertiary/aromatic N) is 2. The monoisotopic (exact) mass is 470 g/mol. The second-order valence-electron chi connectivity index (χ2n) is 7.90. The molecule has 0 spiro atoms. The Labute approximate surface area is 186 Å². The van der Waals surface area contributed by atoms with Gasteiger partial charge in [-0.2, -0.15) is 0 Å². The number of rotatable bonds is 5. The van der Waals surface area contributed by atoms with Gasteiger partial charge in [0.1, 0.15) is 5.76 Å². The highest BCUT2D eigenvalue weighted by Gasteiger charge is 2.36. The van der Waals surface area contributed by atoms with Gasteiger partial charge in [0.05, 0.1) is 28.6 Å². The summed E-state index contributed by atoms with van der Waals surface area (Å²) in [5, 5.41) is 0.676. The van der Waals surface area contributed by atoms with Crippen LogP contribution in [0.3, 0.4) is 0 Å². The Kier molecular flexibility index (Phi) is 6.32. The summed E-state index contributed by atoms with van der Waals surface area (Å²) in [6, 6.07) is 8.05. The molecular weight excluding hydrogens is 447 g/mol. The van der Waals surface area contributed by atoms with Crippen molar-refractivity contribution in [1.82, 2.24) is 4.90 Å². The number of furan rings is 1. The first-order valence-electron chi connectivity index (χ1n) is 10.1. The van der Waals surface area contributed by atoms with Crippen LogP contribution in [0.4, 0.5) is 5.88 Å². The fraction of sp³-hybridized carbons (Fsp3) is 0.476. The number of benzene rings is 1. The van der Waals surface area contributed by atoms with Crippen molar-refractivity contribution in [3.05, 3.63) is 51.7 Å². The minimum Gasteiger partial charge on any atom is -0.444 e. The van der Waals surface area contributed by atoms with Crippen molar-refractivity contribution in [3.63, 3.8) is 0 Å². The van der Waals surface area contributed by atoms with Gasteiger partial charge in [-0.05, 0) is 49.9 Å². The largest absolute Gasteiger partial charge is 0.444 e. The molecule has 162 valence electrons. The molecule has 0 saturated carbocycles. The SMILES string of the molecule is O=C(c1ccc(Cl)cc1Cl)N(Cc1ccc(N2CCCCC2)o1)C1CCS(=O)(=O)C1. The van der Waals surface area contributed by atoms with Gasteiger partial charge in [-0.1, -0.05) is 23.2 Å². The van der Waals surface area contributed by atoms with Gasteiger partial charge in [-0.3, -0.25) is 4.79 Å². The van der Waals surface area contributed by atoms with E-state index in [1.54, 1.807) is 17.0 Å². The lowest BCUT2D eigenvalue weighted by Gasteiger charge is -2.28. The van der Waals surface area contributed by atoms with Crippen molar-refractivity contribution >= 4 is 44.8 Å². The number of hydrogen-bond acceptors (Lipinski definition) is 5. The summed E-state index contributed by atoms with van der Waals surface area (Å²) in [6.45, 7) is 2.10. The summed E-state index contributed by atoms with van der Waals surface area (Å²) in [5.41, 5.74) is 0.299. The van der Waals surface area contributed by atoms with Crippen molar-refractivity contribution in [2.75, 3.05) is 29.5 Å². The van der Waals surface area contributed by atoms with E-state index in [0.717, 1.165) is 31.8 Å². The van der Waals surface area contributed by atoms with E-state index < -0.39 is 15.9 Å². The molecule has 0 N–H and O–H groups in total. The second-order valence-corrected chi connectivity index (χ2v) is 11.0. The van der Waals surface area contributed by atoms with Gasteiger partial charge < -0.3 is 14.2 Å². The molecule has 1 atom stereocenters. The molecule has 0 radical (unpaired) electrons. The number of sulfone groups is 1. The van der Waals surface area contributed by atoms with E-state index in [1.165, 1.54) is 12.5 Å². The van der Waals surface area contributed by atoms with Crippen LogP contribution in [0.1, 0.15) is 41.8 Å². The van der Waals surface area contributed by atoms with Crippen LogP contribution in [0.25, 0.3) is 0 Å². The van der Waals surface area contributed by atoms with Crippen LogP contribution in [0.5, 0.6) is 0 Å². The van der Waals surface area contributed by atoms with Crippen molar-refractivity contribution < 1.29 is 17.6 Å². The van der Waals surface area contributed by atoms with E-state index in [0.29, 0.717) is 22.8 Å². The molecule has 4 rings (SSSR count). The van der Waals surface area contributed by atoms with E-state index in [9.17, 15) is 13.2 Å². The molecule has 1 amide bonds. The van der Waals surface area contributed by atoms with Gasteiger partial charge in [-0.25, -0.2) is 8.42 Å². The highest BCUT2D eigenvalue weighted by molar-refractivity contribution is 7.91. The number of anilines is 1. The molecule has 2 aliphatic heterocycles. The zero-order valence-electron chi connectivity index (χ0n) is 16.5. The number of halogens is 2. The van der Waals surface area contributed by atoms with E-state index in [2.05, 4.69) is 4.90 Å². The summed E-state index contributed by atoms with van der Waals surface area (Å²) in [5.74, 6) is 1.12. The molecule has 1 unspecified atom stereocenters. The summed E-state index contributed by atoms with van der Waals surface area (Å²) in [4.78, 5) is 17.1. The third-order valence-electron chi connectivity index (χ3n) is 5.71. The molecule has 9 heteroatoms. The Morgan fingerprint density at radius 2 is 1.90 bits per heavy atom. The van der Waals surface area contributed by atoms with Gasteiger partial charge in [0.2, 0.25) is 0 Å². The number of carbonyl (C=O) groups is 1. The molecule has 2 aromatic rings. The standard InChI is InChI=1S/C21H24Cl2N2O4S/c22-15-4-6-18(19(23)12-15)21(26)25(16-8-11-30(27,28)14-16)13-17-5-7-20(29-17)24-9-2-1-3-10-24/h4-7,12,16H,1-3,8-11,13-14H2. The Morgan fingerprint density at radius 1 is 1.13 bits per heavy atom. The first kappa shape index (κ1) is 21.5. The van der Waals surface area contributed by atoms with Gasteiger partial charge in [-0.15, -0.1) is 0 Å². The lowest BCUT2D eigenvalue weighted by Crippen LogP contribution is -2.40. The lowest BCUT2D eigenvalue weighted by molar-refractivity contribution is 0.0666. The number of piperidine rings is 1. The molecule has 1 aromatic carbocycles. The lowest BCUT2D eigenvalue weighted by atomic mass is 10.1. The Balaban J connectivity index is 1.59. The Morgan fingerprint density at radius 3 is 2.57 bits per heavy atom. The van der Waals surface area contributed by atoms with Gasteiger partial charge in [0.15, 0.2) is 15.7 Å². The smallest absolute Gasteiger partial charge is 0.256 e. The molecule has 1 aromatic heterocycles. The fourth-order valence-corrected chi connectivity index (χ4v) is 6.33. The molecule has 30 heavy (non-hydrogen) atoms. The van der Waals surface area contributed by atoms with Gasteiger partial charge >= 0.3 is 0 Å². The first-order valence-corrected chi connectivity index (χ1v) is 12.7. The minimum absolute atomic E-state index is 0.0519. The zero-order chi connectivity index (χ0) is 21.3. The Bertz CT molecular complexity index is 1030. The van der Waals surface area contributed by atoms with Crippen molar-refractivity contribution in [3.8, 4) is 0 Å². The predicted molar refractivity (Wildman–Crippen MR) is 118 cm³/mol. The topological polar surface area (TPSA) is 70.8 Å². The summed E-state index contributed by atoms with van der Waals surface area (Å²) in [6.07, 6.45) is 3.90. The maximum atomic E-state index is 13.3. The van der Waals surface area contributed by atoms with Crippen molar-refractivity contribution in [1.29, 1.82) is 0 Å². The quantitative estimate of drug-likeness (QED) is 0.646. The molecule has 2 fully saturated rings. The molecule has 0 aliphatic carbocycles. The number of carbonyl (C=O) groups excluding carboxylic acids is 1. The van der Waals surface area contributed by atoms with Crippen molar-refractivity contribution in [2.45, 2.75) is 38.3 Å². The molecular formula is C21H24Cl2N2O4S. The van der Waals surface area contributed by atoms with Crippen LogP contribution in [-0.4, -0.2) is 49.9 Å². The van der Waals surface area contributed by atoms with Crippen LogP contribution < -0.4 is 4.90 Å². The van der Waals surface area contributed by atoms with E-state index in [-0.39, 0.29) is 29.0 Å². The van der Waals surface area contributed by atoms with E-state index >= 15 is 0 Å². The van der Waals surface area contributed by atoms with Crippen LogP contribution in [-0.2, 0) is 16.4 Å². The molecule has 3 heterocycles. The summed E-state index contributed by atoms with van der Waals surface area (Å²) >= 11 is 12.2. The highest BCUT2D eigenvalue weighted by Crippen LogP contribution is 2.29. The molecule has 2 aliphatic rings. The average molecular weight is 471 g/mol. The van der Waals surface area contributed by atoms with Crippen LogP contribution in [0.2, 0.25) is 10.0 Å². The van der Waals surface area contributed by atoms with E-state index in [4.69, 9.17) is 27.6 Å². The van der Waals surface area contributed by atoms with Crippen LogP contribution in [0, 0.1) is 0 Å². The molecule has 0 bridgehead atoms. The first-order chi connectivity index (χ1) is 14.3. The molecule has 2 saturated heterocycles. The van der Waals surface area contributed by atoms with Crippen LogP contribution in [0.15, 0.2) is 34.7 Å². The third kappa shape index (κ3) is 4.79. The average Bonchev–Trinajstić information content (AvgIpc) is 3.32. The van der Waals surface area contributed by atoms with Gasteiger partial charge in [0.25, 0.3) is 5.91 Å². The normalized spacial score (nSPS) is 21.0. The predicted octanol–water partition coefficient (Wildman–Crippen LogP) is 4.41. The second kappa shape index (κ2) is 8.81. The minimum atomic E-state index is -3.16. The zero-order valence-corrected chi connectivity index (χ0v) is 18.8. The maximum absolute atomic E-state index is 13.3. The number of hydrogen-bond donors (Lipinski definition) is 0. The van der Waals surface area contributed by atoms with E-state index in [1.807, 2.05) is 12.1 Å². The van der Waals surface area contributed by atoms with Gasteiger partial charge in [0, 0.05) is 30.2 Å². The Hall–Kier alpha value is -1.70. The third-order valence-corrected chi connectivity index (χ3v) is 8.01. The van der Waals surface area contributed by atoms with Crippen LogP contribution >= 0.6 is 23.2 Å². The fourth-order valence-electron chi connectivity index (χ4n) is 4.11. The maximum Gasteiger partial charge on any atom is 0.256 e.